The molecule has 1 unspecified atom stereocenters. The third-order valence-electron chi connectivity index (χ3n) is 2.70. The van der Waals surface area contributed by atoms with E-state index in [2.05, 4.69) is 15.0 Å². The van der Waals surface area contributed by atoms with Crippen LogP contribution in [0.25, 0.3) is 0 Å². The van der Waals surface area contributed by atoms with E-state index in [-0.39, 0.29) is 11.8 Å². The van der Waals surface area contributed by atoms with Gasteiger partial charge in [0.25, 0.3) is 0 Å². The van der Waals surface area contributed by atoms with E-state index >= 15 is 0 Å². The largest absolute Gasteiger partial charge is 0.433 e. The highest BCUT2D eigenvalue weighted by atomic mass is 19.3. The monoisotopic (exact) mass is 282 g/mol. The molecule has 1 aromatic carbocycles. The molecular formula is C14H13F3N2O. The topological polar surface area (TPSA) is 34.1 Å². The van der Waals surface area contributed by atoms with Gasteiger partial charge in [-0.15, -0.1) is 0 Å². The lowest BCUT2D eigenvalue weighted by Gasteiger charge is -2.18. The fourth-order valence-corrected chi connectivity index (χ4v) is 1.77. The molecule has 20 heavy (non-hydrogen) atoms. The Labute approximate surface area is 114 Å². The maximum Gasteiger partial charge on any atom is 0.387 e. The molecule has 0 aliphatic rings. The predicted molar refractivity (Wildman–Crippen MR) is 69.3 cm³/mol. The minimum absolute atomic E-state index is 0.0405. The molecule has 0 saturated carbocycles. The van der Waals surface area contributed by atoms with Crippen LogP contribution in [0.1, 0.15) is 18.5 Å². The summed E-state index contributed by atoms with van der Waals surface area (Å²) in [4.78, 5) is 3.75. The van der Waals surface area contributed by atoms with Gasteiger partial charge < -0.3 is 10.1 Å². The summed E-state index contributed by atoms with van der Waals surface area (Å²) in [5.41, 5.74) is 1.02. The summed E-state index contributed by atoms with van der Waals surface area (Å²) >= 11 is 0. The number of pyridine rings is 1. The Balaban J connectivity index is 2.17. The van der Waals surface area contributed by atoms with E-state index in [0.29, 0.717) is 11.3 Å². The van der Waals surface area contributed by atoms with Crippen LogP contribution in [0.3, 0.4) is 0 Å². The Morgan fingerprint density at radius 3 is 2.65 bits per heavy atom. The van der Waals surface area contributed by atoms with Crippen molar-refractivity contribution in [1.29, 1.82) is 0 Å². The van der Waals surface area contributed by atoms with Crippen molar-refractivity contribution >= 4 is 5.69 Å². The van der Waals surface area contributed by atoms with Gasteiger partial charge in [0.15, 0.2) is 0 Å². The zero-order chi connectivity index (χ0) is 14.5. The molecule has 6 heteroatoms. The number of anilines is 1. The van der Waals surface area contributed by atoms with Gasteiger partial charge in [0.2, 0.25) is 0 Å². The highest BCUT2D eigenvalue weighted by molar-refractivity contribution is 5.57. The Hall–Kier alpha value is -2.24. The Morgan fingerprint density at radius 1 is 1.20 bits per heavy atom. The number of hydrogen-bond donors (Lipinski definition) is 1. The van der Waals surface area contributed by atoms with Crippen LogP contribution in [-0.2, 0) is 0 Å². The average Bonchev–Trinajstić information content (AvgIpc) is 2.40. The number of rotatable bonds is 5. The molecule has 0 aliphatic carbocycles. The number of ether oxygens (including phenoxy) is 1. The molecule has 1 N–H and O–H groups in total. The molecule has 0 radical (unpaired) electrons. The Kier molecular flexibility index (Phi) is 4.45. The lowest BCUT2D eigenvalue weighted by molar-refractivity contribution is -0.0493. The first kappa shape index (κ1) is 14.2. The van der Waals surface area contributed by atoms with Gasteiger partial charge in [-0.3, -0.25) is 4.98 Å². The van der Waals surface area contributed by atoms with E-state index in [1.165, 1.54) is 18.3 Å². The quantitative estimate of drug-likeness (QED) is 0.900. The predicted octanol–water partition coefficient (Wildman–Crippen LogP) is 4.00. The fourth-order valence-electron chi connectivity index (χ4n) is 1.77. The van der Waals surface area contributed by atoms with E-state index in [0.717, 1.165) is 6.20 Å². The second-order valence-corrected chi connectivity index (χ2v) is 4.18. The molecule has 106 valence electrons. The molecular weight excluding hydrogens is 269 g/mol. The molecule has 0 spiro atoms. The lowest BCUT2D eigenvalue weighted by atomic mass is 10.1. The molecule has 0 amide bonds. The van der Waals surface area contributed by atoms with Gasteiger partial charge in [-0.1, -0.05) is 12.1 Å². The summed E-state index contributed by atoms with van der Waals surface area (Å²) in [6.45, 7) is -1.13. The first-order chi connectivity index (χ1) is 9.56. The van der Waals surface area contributed by atoms with Crippen molar-refractivity contribution < 1.29 is 17.9 Å². The van der Waals surface area contributed by atoms with Gasteiger partial charge >= 0.3 is 6.61 Å². The Bertz CT molecular complexity index is 578. The maximum absolute atomic E-state index is 13.1. The second kappa shape index (κ2) is 6.27. The first-order valence-corrected chi connectivity index (χ1v) is 5.97. The van der Waals surface area contributed by atoms with Crippen molar-refractivity contribution in [3.8, 4) is 5.75 Å². The second-order valence-electron chi connectivity index (χ2n) is 4.18. The van der Waals surface area contributed by atoms with Crippen LogP contribution in [0.4, 0.5) is 18.9 Å². The van der Waals surface area contributed by atoms with Crippen LogP contribution in [0, 0.1) is 5.82 Å². The number of nitrogens with one attached hydrogen (secondary N) is 1. The van der Waals surface area contributed by atoms with E-state index < -0.39 is 12.4 Å². The summed E-state index contributed by atoms with van der Waals surface area (Å²) in [7, 11) is 0. The molecule has 0 aliphatic heterocycles. The van der Waals surface area contributed by atoms with Crippen LogP contribution in [0.5, 0.6) is 5.75 Å². The Morgan fingerprint density at radius 2 is 1.95 bits per heavy atom. The summed E-state index contributed by atoms with van der Waals surface area (Å²) in [6, 6.07) is 7.36. The normalized spacial score (nSPS) is 12.2. The van der Waals surface area contributed by atoms with Gasteiger partial charge in [0, 0.05) is 6.20 Å². The smallest absolute Gasteiger partial charge is 0.387 e. The molecule has 3 nitrogen and oxygen atoms in total. The van der Waals surface area contributed by atoms with Gasteiger partial charge in [0.1, 0.15) is 11.6 Å². The van der Waals surface area contributed by atoms with Crippen molar-refractivity contribution in [1.82, 2.24) is 4.98 Å². The minimum atomic E-state index is -2.90. The highest BCUT2D eigenvalue weighted by Crippen LogP contribution is 2.29. The van der Waals surface area contributed by atoms with Crippen molar-refractivity contribution in [3.63, 3.8) is 0 Å². The molecule has 0 fully saturated rings. The van der Waals surface area contributed by atoms with Crippen molar-refractivity contribution in [2.45, 2.75) is 19.6 Å². The van der Waals surface area contributed by atoms with Gasteiger partial charge in [-0.2, -0.15) is 8.78 Å². The fraction of sp³-hybridized carbons (Fsp3) is 0.214. The summed E-state index contributed by atoms with van der Waals surface area (Å²) in [5, 5.41) is 2.99. The lowest BCUT2D eigenvalue weighted by Crippen LogP contribution is -2.10. The van der Waals surface area contributed by atoms with Crippen molar-refractivity contribution in [2.75, 3.05) is 5.32 Å². The van der Waals surface area contributed by atoms with Crippen molar-refractivity contribution in [2.24, 2.45) is 0 Å². The number of aromatic nitrogens is 1. The zero-order valence-electron chi connectivity index (χ0n) is 10.7. The van der Waals surface area contributed by atoms with Gasteiger partial charge in [-0.05, 0) is 30.7 Å². The number of benzene rings is 1. The summed E-state index contributed by atoms with van der Waals surface area (Å²) in [6.07, 6.45) is 2.61. The third kappa shape index (κ3) is 3.63. The van der Waals surface area contributed by atoms with E-state index in [9.17, 15) is 13.2 Å². The SMILES string of the molecule is CC(Nc1ccccc1OC(F)F)c1cncc(F)c1. The van der Waals surface area contributed by atoms with Gasteiger partial charge in [-0.25, -0.2) is 4.39 Å². The van der Waals surface area contributed by atoms with Crippen molar-refractivity contribution in [3.05, 3.63) is 54.1 Å². The molecule has 2 aromatic rings. The zero-order valence-corrected chi connectivity index (χ0v) is 10.7. The highest BCUT2D eigenvalue weighted by Gasteiger charge is 2.12. The molecule has 1 atom stereocenters. The van der Waals surface area contributed by atoms with Crippen LogP contribution in [-0.4, -0.2) is 11.6 Å². The number of alkyl halides is 2. The molecule has 1 heterocycles. The van der Waals surface area contributed by atoms with Gasteiger partial charge in [0.05, 0.1) is 17.9 Å². The molecule has 0 saturated heterocycles. The number of nitrogens with zero attached hydrogens (tertiary/aromatic N) is 1. The summed E-state index contributed by atoms with van der Waals surface area (Å²) < 4.78 is 42.1. The molecule has 0 bridgehead atoms. The third-order valence-corrected chi connectivity index (χ3v) is 2.70. The van der Waals surface area contributed by atoms with E-state index in [4.69, 9.17) is 0 Å². The maximum atomic E-state index is 13.1. The first-order valence-electron chi connectivity index (χ1n) is 5.97. The number of para-hydroxylation sites is 2. The van der Waals surface area contributed by atoms with Crippen LogP contribution >= 0.6 is 0 Å². The minimum Gasteiger partial charge on any atom is -0.433 e. The molecule has 1 aromatic heterocycles. The molecule has 2 rings (SSSR count). The average molecular weight is 282 g/mol. The van der Waals surface area contributed by atoms with Crippen LogP contribution in [0.2, 0.25) is 0 Å². The van der Waals surface area contributed by atoms with E-state index in [1.54, 1.807) is 25.1 Å². The van der Waals surface area contributed by atoms with Crippen LogP contribution in [0.15, 0.2) is 42.7 Å². The van der Waals surface area contributed by atoms with E-state index in [1.807, 2.05) is 0 Å². The number of halogens is 3. The number of hydrogen-bond acceptors (Lipinski definition) is 3. The van der Waals surface area contributed by atoms with Crippen LogP contribution < -0.4 is 10.1 Å². The summed E-state index contributed by atoms with van der Waals surface area (Å²) in [5.74, 6) is -0.410. The standard InChI is InChI=1S/C14H13F3N2O/c1-9(10-6-11(15)8-18-7-10)19-12-4-2-3-5-13(12)20-14(16)17/h2-9,14,19H,1H3.